The summed E-state index contributed by atoms with van der Waals surface area (Å²) >= 11 is 5.52. The minimum atomic E-state index is -0.581. The average Bonchev–Trinajstić information content (AvgIpc) is 2.31. The summed E-state index contributed by atoms with van der Waals surface area (Å²) in [6.07, 6.45) is 0. The second-order valence-corrected chi connectivity index (χ2v) is 4.20. The molecule has 1 amide bonds. The fourth-order valence-electron chi connectivity index (χ4n) is 1.32. The molecule has 0 bridgehead atoms. The summed E-state index contributed by atoms with van der Waals surface area (Å²) in [6.45, 7) is 2.04. The molecule has 1 unspecified atom stereocenters. The third kappa shape index (κ3) is 4.89. The molecule has 0 heterocycles. The number of methoxy groups -OCH3 is 1. The van der Waals surface area contributed by atoms with Gasteiger partial charge in [-0.05, 0) is 19.1 Å². The Morgan fingerprint density at radius 1 is 1.56 bits per heavy atom. The number of ether oxygens (including phenoxy) is 2. The van der Waals surface area contributed by atoms with Gasteiger partial charge in [0.1, 0.15) is 11.6 Å². The molecule has 4 nitrogen and oxygen atoms in total. The van der Waals surface area contributed by atoms with E-state index in [4.69, 9.17) is 21.1 Å². The molecule has 1 rings (SSSR count). The molecule has 0 fully saturated rings. The normalized spacial score (nSPS) is 12.0. The van der Waals surface area contributed by atoms with E-state index in [0.717, 1.165) is 6.07 Å². The standard InChI is InChI=1S/C12H15ClFNO3/c1-8(6-17-2)15-12(16)7-18-9-3-4-10(13)11(14)5-9/h3-5,8H,6-7H2,1-2H3,(H,15,16). The lowest BCUT2D eigenvalue weighted by atomic mass is 10.3. The van der Waals surface area contributed by atoms with Gasteiger partial charge in [-0.3, -0.25) is 4.79 Å². The van der Waals surface area contributed by atoms with Crippen LogP contribution in [0.25, 0.3) is 0 Å². The van der Waals surface area contributed by atoms with E-state index < -0.39 is 5.82 Å². The van der Waals surface area contributed by atoms with E-state index >= 15 is 0 Å². The molecule has 1 aromatic carbocycles. The van der Waals surface area contributed by atoms with Crippen LogP contribution in [0.5, 0.6) is 5.75 Å². The van der Waals surface area contributed by atoms with Crippen molar-refractivity contribution < 1.29 is 18.7 Å². The van der Waals surface area contributed by atoms with E-state index in [9.17, 15) is 9.18 Å². The number of carbonyl (C=O) groups excluding carboxylic acids is 1. The first kappa shape index (κ1) is 14.7. The van der Waals surface area contributed by atoms with Gasteiger partial charge in [0, 0.05) is 19.2 Å². The van der Waals surface area contributed by atoms with E-state index in [0.29, 0.717) is 6.61 Å². The van der Waals surface area contributed by atoms with Crippen LogP contribution in [0.15, 0.2) is 18.2 Å². The zero-order valence-electron chi connectivity index (χ0n) is 10.2. The third-order valence-corrected chi connectivity index (χ3v) is 2.39. The topological polar surface area (TPSA) is 47.6 Å². The highest BCUT2D eigenvalue weighted by Gasteiger charge is 2.08. The summed E-state index contributed by atoms with van der Waals surface area (Å²) in [5.74, 6) is -0.622. The minimum absolute atomic E-state index is 0.0144. The Morgan fingerprint density at radius 2 is 2.28 bits per heavy atom. The average molecular weight is 276 g/mol. The molecule has 0 aliphatic carbocycles. The molecule has 6 heteroatoms. The van der Waals surface area contributed by atoms with Gasteiger partial charge in [-0.25, -0.2) is 4.39 Å². The molecule has 1 aromatic rings. The summed E-state index contributed by atoms with van der Waals surface area (Å²) in [5, 5.41) is 2.68. The number of hydrogen-bond acceptors (Lipinski definition) is 3. The van der Waals surface area contributed by atoms with Crippen molar-refractivity contribution in [3.05, 3.63) is 29.0 Å². The van der Waals surface area contributed by atoms with Crippen LogP contribution < -0.4 is 10.1 Å². The Labute approximate surface area is 110 Å². The van der Waals surface area contributed by atoms with Crippen LogP contribution in [0.3, 0.4) is 0 Å². The highest BCUT2D eigenvalue weighted by Crippen LogP contribution is 2.20. The minimum Gasteiger partial charge on any atom is -0.484 e. The lowest BCUT2D eigenvalue weighted by molar-refractivity contribution is -0.124. The first-order valence-electron chi connectivity index (χ1n) is 5.39. The second kappa shape index (κ2) is 7.18. The quantitative estimate of drug-likeness (QED) is 0.864. The maximum atomic E-state index is 13.1. The molecule has 100 valence electrons. The van der Waals surface area contributed by atoms with E-state index in [1.54, 1.807) is 7.11 Å². The Bertz CT molecular complexity index is 414. The van der Waals surface area contributed by atoms with Crippen molar-refractivity contribution in [2.45, 2.75) is 13.0 Å². The fourth-order valence-corrected chi connectivity index (χ4v) is 1.44. The molecule has 1 N–H and O–H groups in total. The molecular formula is C12H15ClFNO3. The number of amides is 1. The van der Waals surface area contributed by atoms with Crippen molar-refractivity contribution in [3.8, 4) is 5.75 Å². The molecule has 0 saturated carbocycles. The number of hydrogen-bond donors (Lipinski definition) is 1. The fraction of sp³-hybridized carbons (Fsp3) is 0.417. The van der Waals surface area contributed by atoms with Gasteiger partial charge in [-0.2, -0.15) is 0 Å². The summed E-state index contributed by atoms with van der Waals surface area (Å²) in [7, 11) is 1.55. The van der Waals surface area contributed by atoms with E-state index in [-0.39, 0.29) is 29.3 Å². The van der Waals surface area contributed by atoms with Crippen molar-refractivity contribution in [2.24, 2.45) is 0 Å². The third-order valence-electron chi connectivity index (χ3n) is 2.09. The lowest BCUT2D eigenvalue weighted by Gasteiger charge is -2.13. The van der Waals surface area contributed by atoms with Crippen molar-refractivity contribution in [3.63, 3.8) is 0 Å². The van der Waals surface area contributed by atoms with Crippen LogP contribution in [0.2, 0.25) is 5.02 Å². The maximum absolute atomic E-state index is 13.1. The SMILES string of the molecule is COCC(C)NC(=O)COc1ccc(Cl)c(F)c1. The van der Waals surface area contributed by atoms with Crippen LogP contribution in [-0.4, -0.2) is 32.3 Å². The smallest absolute Gasteiger partial charge is 0.258 e. The zero-order chi connectivity index (χ0) is 13.5. The lowest BCUT2D eigenvalue weighted by Crippen LogP contribution is -2.38. The highest BCUT2D eigenvalue weighted by molar-refractivity contribution is 6.30. The predicted octanol–water partition coefficient (Wildman–Crippen LogP) is 2.01. The van der Waals surface area contributed by atoms with Gasteiger partial charge in [0.25, 0.3) is 5.91 Å². The largest absolute Gasteiger partial charge is 0.484 e. The van der Waals surface area contributed by atoms with Gasteiger partial charge < -0.3 is 14.8 Å². The van der Waals surface area contributed by atoms with Gasteiger partial charge in [-0.1, -0.05) is 11.6 Å². The first-order valence-corrected chi connectivity index (χ1v) is 5.77. The predicted molar refractivity (Wildman–Crippen MR) is 66.4 cm³/mol. The molecule has 0 aliphatic rings. The summed E-state index contributed by atoms with van der Waals surface area (Å²) < 4.78 is 23.1. The molecule has 0 aromatic heterocycles. The Hall–Kier alpha value is -1.33. The summed E-state index contributed by atoms with van der Waals surface area (Å²) in [4.78, 5) is 11.4. The van der Waals surface area contributed by atoms with Gasteiger partial charge >= 0.3 is 0 Å². The number of halogens is 2. The van der Waals surface area contributed by atoms with Crippen LogP contribution in [0.4, 0.5) is 4.39 Å². The van der Waals surface area contributed by atoms with Crippen LogP contribution >= 0.6 is 11.6 Å². The number of rotatable bonds is 6. The van der Waals surface area contributed by atoms with E-state index in [2.05, 4.69) is 5.32 Å². The Balaban J connectivity index is 2.40. The molecule has 0 saturated heterocycles. The second-order valence-electron chi connectivity index (χ2n) is 3.79. The molecule has 18 heavy (non-hydrogen) atoms. The number of carbonyl (C=O) groups is 1. The van der Waals surface area contributed by atoms with Crippen LogP contribution in [0.1, 0.15) is 6.92 Å². The molecule has 0 aliphatic heterocycles. The summed E-state index contributed by atoms with van der Waals surface area (Å²) in [6, 6.07) is 3.90. The monoisotopic (exact) mass is 275 g/mol. The van der Waals surface area contributed by atoms with Crippen molar-refractivity contribution in [1.29, 1.82) is 0 Å². The first-order chi connectivity index (χ1) is 8.52. The molecule has 0 radical (unpaired) electrons. The molecule has 1 atom stereocenters. The number of nitrogens with one attached hydrogen (secondary N) is 1. The van der Waals surface area contributed by atoms with Gasteiger partial charge in [0.2, 0.25) is 0 Å². The highest BCUT2D eigenvalue weighted by atomic mass is 35.5. The van der Waals surface area contributed by atoms with E-state index in [1.165, 1.54) is 12.1 Å². The maximum Gasteiger partial charge on any atom is 0.258 e. The van der Waals surface area contributed by atoms with E-state index in [1.807, 2.05) is 6.92 Å². The zero-order valence-corrected chi connectivity index (χ0v) is 11.0. The van der Waals surface area contributed by atoms with Crippen molar-refractivity contribution in [2.75, 3.05) is 20.3 Å². The Morgan fingerprint density at radius 3 is 2.89 bits per heavy atom. The van der Waals surface area contributed by atoms with Gasteiger partial charge in [0.15, 0.2) is 6.61 Å². The van der Waals surface area contributed by atoms with Crippen molar-refractivity contribution in [1.82, 2.24) is 5.32 Å². The summed E-state index contributed by atoms with van der Waals surface area (Å²) in [5.41, 5.74) is 0. The van der Waals surface area contributed by atoms with Crippen LogP contribution in [0, 0.1) is 5.82 Å². The molecule has 0 spiro atoms. The van der Waals surface area contributed by atoms with Gasteiger partial charge in [0.05, 0.1) is 11.6 Å². The molecular weight excluding hydrogens is 261 g/mol. The van der Waals surface area contributed by atoms with Crippen molar-refractivity contribution >= 4 is 17.5 Å². The number of benzene rings is 1. The van der Waals surface area contributed by atoms with Crippen LogP contribution in [-0.2, 0) is 9.53 Å². The van der Waals surface area contributed by atoms with Gasteiger partial charge in [-0.15, -0.1) is 0 Å². The Kier molecular flexibility index (Phi) is 5.88.